The van der Waals surface area contributed by atoms with Crippen molar-refractivity contribution in [3.63, 3.8) is 0 Å². The van der Waals surface area contributed by atoms with E-state index in [1.54, 1.807) is 56.6 Å². The van der Waals surface area contributed by atoms with E-state index >= 15 is 0 Å². The third kappa shape index (κ3) is 7.60. The van der Waals surface area contributed by atoms with Crippen molar-refractivity contribution >= 4 is 0 Å². The first-order chi connectivity index (χ1) is 20.9. The molecule has 1 saturated carbocycles. The molecule has 6 atom stereocenters. The molecule has 3 heterocycles. The summed E-state index contributed by atoms with van der Waals surface area (Å²) in [5.74, 6) is 0.0230. The van der Waals surface area contributed by atoms with Crippen molar-refractivity contribution in [2.75, 3.05) is 6.61 Å². The highest BCUT2D eigenvalue weighted by molar-refractivity contribution is 5.47. The van der Waals surface area contributed by atoms with E-state index in [9.17, 15) is 29.2 Å². The molecular formula is C31H37F2N3O8. The van der Waals surface area contributed by atoms with Crippen LogP contribution in [-0.4, -0.2) is 80.4 Å². The standard InChI is InChI=1S/C31H37F2N3O8/c1-31(2,40)24-9-5-18(14-35-24)20(17-4-8-21(43-30(32)33)22(12-17)41-19-6-7-19)11-16-3-10-25(36-13-16)44-29-26(34)28(39)27(38)23(15-37)42-29/h3-5,8-10,12-14,19-20,23,26-30,37-40H,6-7,11,15,34H2,1-2H3/t20-,23?,26+,27+,28?,29-/m0/s1. The third-order valence-electron chi connectivity index (χ3n) is 7.62. The Labute approximate surface area is 253 Å². The molecule has 13 heteroatoms. The lowest BCUT2D eigenvalue weighted by Gasteiger charge is -2.40. The van der Waals surface area contributed by atoms with Crippen molar-refractivity contribution in [2.24, 2.45) is 5.73 Å². The zero-order valence-electron chi connectivity index (χ0n) is 24.3. The molecule has 0 radical (unpaired) electrons. The molecule has 0 amide bonds. The van der Waals surface area contributed by atoms with Gasteiger partial charge >= 0.3 is 6.61 Å². The van der Waals surface area contributed by atoms with Gasteiger partial charge in [0.05, 0.1) is 24.4 Å². The van der Waals surface area contributed by atoms with E-state index in [0.717, 1.165) is 29.5 Å². The maximum absolute atomic E-state index is 13.1. The van der Waals surface area contributed by atoms with Crippen LogP contribution in [0.25, 0.3) is 0 Å². The van der Waals surface area contributed by atoms with Gasteiger partial charge in [-0.15, -0.1) is 0 Å². The summed E-state index contributed by atoms with van der Waals surface area (Å²) < 4.78 is 48.1. The van der Waals surface area contributed by atoms with Gasteiger partial charge in [0, 0.05) is 24.4 Å². The number of aliphatic hydroxyl groups excluding tert-OH is 3. The van der Waals surface area contributed by atoms with Crippen molar-refractivity contribution in [1.29, 1.82) is 0 Å². The molecule has 2 aliphatic rings. The summed E-state index contributed by atoms with van der Waals surface area (Å²) in [6.45, 7) is -0.251. The van der Waals surface area contributed by atoms with Crippen LogP contribution in [0, 0.1) is 0 Å². The van der Waals surface area contributed by atoms with Gasteiger partial charge in [0.2, 0.25) is 12.2 Å². The third-order valence-corrected chi connectivity index (χ3v) is 7.62. The van der Waals surface area contributed by atoms with Crippen LogP contribution in [0.2, 0.25) is 0 Å². The number of nitrogens with two attached hydrogens (primary N) is 1. The van der Waals surface area contributed by atoms with Crippen molar-refractivity contribution < 1.29 is 48.2 Å². The maximum atomic E-state index is 13.1. The van der Waals surface area contributed by atoms with Crippen LogP contribution in [0.3, 0.4) is 0 Å². The first kappa shape index (κ1) is 31.9. The number of ether oxygens (including phenoxy) is 4. The van der Waals surface area contributed by atoms with Crippen LogP contribution in [0.4, 0.5) is 8.78 Å². The van der Waals surface area contributed by atoms with Crippen LogP contribution >= 0.6 is 0 Å². The summed E-state index contributed by atoms with van der Waals surface area (Å²) in [4.78, 5) is 8.82. The number of aromatic nitrogens is 2. The fraction of sp³-hybridized carbons (Fsp3) is 0.484. The van der Waals surface area contributed by atoms with Crippen molar-refractivity contribution in [3.05, 3.63) is 77.2 Å². The summed E-state index contributed by atoms with van der Waals surface area (Å²) in [7, 11) is 0. The molecule has 3 aromatic rings. The van der Waals surface area contributed by atoms with Gasteiger partial charge in [-0.25, -0.2) is 4.98 Å². The minimum absolute atomic E-state index is 0.0442. The molecule has 2 fully saturated rings. The second-order valence-electron chi connectivity index (χ2n) is 11.6. The highest BCUT2D eigenvalue weighted by Gasteiger charge is 2.43. The Kier molecular flexibility index (Phi) is 9.63. The fourth-order valence-corrected chi connectivity index (χ4v) is 4.96. The monoisotopic (exact) mass is 617 g/mol. The van der Waals surface area contributed by atoms with Crippen LogP contribution in [0.15, 0.2) is 54.9 Å². The molecule has 44 heavy (non-hydrogen) atoms. The molecule has 1 aromatic carbocycles. The summed E-state index contributed by atoms with van der Waals surface area (Å²) >= 11 is 0. The smallest absolute Gasteiger partial charge is 0.387 e. The topological polar surface area (TPSA) is 170 Å². The number of halogens is 2. The van der Waals surface area contributed by atoms with Crippen molar-refractivity contribution in [2.45, 2.75) is 88.0 Å². The fourth-order valence-electron chi connectivity index (χ4n) is 4.96. The number of alkyl halides is 2. The molecule has 1 aliphatic carbocycles. The Hall–Kier alpha value is -3.46. The van der Waals surface area contributed by atoms with Gasteiger partial charge in [0.1, 0.15) is 23.9 Å². The molecule has 238 valence electrons. The van der Waals surface area contributed by atoms with Crippen LogP contribution in [-0.2, 0) is 16.8 Å². The number of hydrogen-bond donors (Lipinski definition) is 5. The zero-order valence-corrected chi connectivity index (χ0v) is 24.3. The second kappa shape index (κ2) is 13.3. The molecule has 2 aromatic heterocycles. The Morgan fingerprint density at radius 2 is 1.73 bits per heavy atom. The van der Waals surface area contributed by atoms with Gasteiger partial charge in [-0.1, -0.05) is 18.2 Å². The summed E-state index contributed by atoms with van der Waals surface area (Å²) in [6.07, 6.45) is 0.356. The molecule has 11 nitrogen and oxygen atoms in total. The SMILES string of the molecule is CC(C)(O)c1ccc([C@@H](Cc2ccc(O[C@@H]3OC(CO)[C@@H](O)C(O)[C@H]3N)nc2)c2ccc(OC(F)F)c(OC3CC3)c2)cn1. The quantitative estimate of drug-likeness (QED) is 0.202. The Morgan fingerprint density at radius 1 is 0.977 bits per heavy atom. The van der Waals surface area contributed by atoms with Crippen molar-refractivity contribution in [1.82, 2.24) is 9.97 Å². The van der Waals surface area contributed by atoms with Crippen molar-refractivity contribution in [3.8, 4) is 17.4 Å². The summed E-state index contributed by atoms with van der Waals surface area (Å²) in [5.41, 5.74) is 7.70. The number of benzene rings is 1. The van der Waals surface area contributed by atoms with Gasteiger partial charge in [-0.2, -0.15) is 8.78 Å². The van der Waals surface area contributed by atoms with Gasteiger partial charge in [-0.3, -0.25) is 4.98 Å². The van der Waals surface area contributed by atoms with E-state index in [-0.39, 0.29) is 29.4 Å². The highest BCUT2D eigenvalue weighted by Crippen LogP contribution is 2.39. The lowest BCUT2D eigenvalue weighted by Crippen LogP contribution is -2.63. The van der Waals surface area contributed by atoms with Crippen LogP contribution in [0.1, 0.15) is 55.0 Å². The zero-order chi connectivity index (χ0) is 31.6. The summed E-state index contributed by atoms with van der Waals surface area (Å²) in [5, 5.41) is 40.1. The first-order valence-electron chi connectivity index (χ1n) is 14.4. The van der Waals surface area contributed by atoms with Crippen LogP contribution in [0.5, 0.6) is 17.4 Å². The van der Waals surface area contributed by atoms with E-state index in [2.05, 4.69) is 9.97 Å². The lowest BCUT2D eigenvalue weighted by atomic mass is 9.86. The average molecular weight is 618 g/mol. The van der Waals surface area contributed by atoms with Gasteiger partial charge in [0.25, 0.3) is 0 Å². The molecule has 0 bridgehead atoms. The molecule has 1 aliphatic heterocycles. The van der Waals surface area contributed by atoms with Gasteiger partial charge < -0.3 is 45.1 Å². The molecule has 6 N–H and O–H groups in total. The minimum atomic E-state index is -3.00. The van der Waals surface area contributed by atoms with E-state index in [1.165, 1.54) is 6.07 Å². The average Bonchev–Trinajstić information content (AvgIpc) is 3.81. The number of aliphatic hydroxyl groups is 4. The number of pyridine rings is 2. The highest BCUT2D eigenvalue weighted by atomic mass is 19.3. The largest absolute Gasteiger partial charge is 0.487 e. The van der Waals surface area contributed by atoms with Crippen LogP contribution < -0.4 is 19.9 Å². The first-order valence-corrected chi connectivity index (χ1v) is 14.4. The number of nitrogens with zero attached hydrogens (tertiary/aromatic N) is 2. The number of rotatable bonds is 12. The Morgan fingerprint density at radius 3 is 2.32 bits per heavy atom. The van der Waals surface area contributed by atoms with E-state index < -0.39 is 49.5 Å². The minimum Gasteiger partial charge on any atom is -0.487 e. The molecule has 2 unspecified atom stereocenters. The summed E-state index contributed by atoms with van der Waals surface area (Å²) in [6, 6.07) is 10.8. The normalized spacial score (nSPS) is 24.6. The molecule has 1 saturated heterocycles. The Balaban J connectivity index is 1.40. The van der Waals surface area contributed by atoms with E-state index in [0.29, 0.717) is 12.1 Å². The maximum Gasteiger partial charge on any atom is 0.387 e. The predicted molar refractivity (Wildman–Crippen MR) is 152 cm³/mol. The Bertz CT molecular complexity index is 1380. The molecular weight excluding hydrogens is 580 g/mol. The van der Waals surface area contributed by atoms with E-state index in [4.69, 9.17) is 24.7 Å². The second-order valence-corrected chi connectivity index (χ2v) is 11.6. The van der Waals surface area contributed by atoms with E-state index in [1.807, 2.05) is 6.07 Å². The predicted octanol–water partition coefficient (Wildman–Crippen LogP) is 2.37. The van der Waals surface area contributed by atoms with Gasteiger partial charge in [0.15, 0.2) is 11.5 Å². The lowest BCUT2D eigenvalue weighted by molar-refractivity contribution is -0.240. The number of hydrogen-bond acceptors (Lipinski definition) is 11. The van der Waals surface area contributed by atoms with Gasteiger partial charge in [-0.05, 0) is 68.0 Å². The molecule has 5 rings (SSSR count). The molecule has 0 spiro atoms.